The van der Waals surface area contributed by atoms with Crippen molar-refractivity contribution >= 4 is 21.6 Å². The van der Waals surface area contributed by atoms with Gasteiger partial charge in [-0.25, -0.2) is 9.37 Å². The lowest BCUT2D eigenvalue weighted by atomic mass is 9.74. The molecule has 1 heterocycles. The molecule has 1 nitrogen and oxygen atoms in total. The molecular formula is C34H58FNS. The molecule has 0 fully saturated rings. The molecule has 0 aliphatic carbocycles. The van der Waals surface area contributed by atoms with E-state index in [1.807, 2.05) is 6.07 Å². The Bertz CT molecular complexity index is 889. The zero-order valence-corrected chi connectivity index (χ0v) is 26.1. The van der Waals surface area contributed by atoms with Crippen LogP contribution in [0.15, 0.2) is 12.1 Å². The standard InChI is InChI=1S/C34H58FNS/c1-7-11-15-17-20-23-33(5,22-14-10-4)28-26-29(35)31-30(27-28)37-32(36-31)34(6,24-19-13-9-3)25-21-18-16-12-8-2/h26-27H,7-25H2,1-6H3. The average molecular weight is 532 g/mol. The van der Waals surface area contributed by atoms with E-state index in [1.54, 1.807) is 11.3 Å². The van der Waals surface area contributed by atoms with Gasteiger partial charge in [-0.2, -0.15) is 0 Å². The normalized spacial score (nSPS) is 15.2. The van der Waals surface area contributed by atoms with E-state index in [4.69, 9.17) is 4.98 Å². The number of unbranched alkanes of at least 4 members (excludes halogenated alkanes) is 11. The van der Waals surface area contributed by atoms with E-state index in [2.05, 4.69) is 47.6 Å². The summed E-state index contributed by atoms with van der Waals surface area (Å²) in [4.78, 5) is 5.00. The molecule has 3 heteroatoms. The summed E-state index contributed by atoms with van der Waals surface area (Å²) in [6.07, 6.45) is 23.7. The highest BCUT2D eigenvalue weighted by Crippen LogP contribution is 2.43. The zero-order valence-electron chi connectivity index (χ0n) is 25.3. The van der Waals surface area contributed by atoms with Gasteiger partial charge in [-0.15, -0.1) is 11.3 Å². The number of benzene rings is 1. The van der Waals surface area contributed by atoms with Crippen molar-refractivity contribution in [3.8, 4) is 0 Å². The quantitative estimate of drug-likeness (QED) is 0.146. The van der Waals surface area contributed by atoms with Gasteiger partial charge in [-0.3, -0.25) is 0 Å². The summed E-state index contributed by atoms with van der Waals surface area (Å²) >= 11 is 1.78. The fraction of sp³-hybridized carbons (Fsp3) is 0.794. The van der Waals surface area contributed by atoms with Crippen LogP contribution in [0.1, 0.15) is 174 Å². The highest BCUT2D eigenvalue weighted by atomic mass is 32.1. The van der Waals surface area contributed by atoms with Crippen molar-refractivity contribution in [2.45, 2.75) is 174 Å². The largest absolute Gasteiger partial charge is 0.238 e. The third kappa shape index (κ3) is 9.94. The van der Waals surface area contributed by atoms with Crippen molar-refractivity contribution in [3.05, 3.63) is 28.5 Å². The van der Waals surface area contributed by atoms with Crippen molar-refractivity contribution in [1.82, 2.24) is 4.98 Å². The predicted octanol–water partition coefficient (Wildman–Crippen LogP) is 12.4. The van der Waals surface area contributed by atoms with Crippen LogP contribution in [-0.2, 0) is 10.8 Å². The van der Waals surface area contributed by atoms with E-state index in [1.165, 1.54) is 113 Å². The molecule has 2 rings (SSSR count). The molecule has 1 aromatic carbocycles. The smallest absolute Gasteiger partial charge is 0.150 e. The first-order chi connectivity index (χ1) is 17.8. The molecule has 0 radical (unpaired) electrons. The molecule has 2 aromatic rings. The highest BCUT2D eigenvalue weighted by Gasteiger charge is 2.32. The molecular weight excluding hydrogens is 473 g/mol. The molecule has 1 aromatic heterocycles. The van der Waals surface area contributed by atoms with E-state index in [-0.39, 0.29) is 16.6 Å². The van der Waals surface area contributed by atoms with Gasteiger partial charge in [0.25, 0.3) is 0 Å². The molecule has 212 valence electrons. The molecule has 0 N–H and O–H groups in total. The fourth-order valence-corrected chi connectivity index (χ4v) is 7.14. The molecule has 0 aliphatic rings. The summed E-state index contributed by atoms with van der Waals surface area (Å²) in [6.45, 7) is 13.9. The third-order valence-electron chi connectivity index (χ3n) is 8.74. The highest BCUT2D eigenvalue weighted by molar-refractivity contribution is 7.18. The number of hydrogen-bond acceptors (Lipinski definition) is 2. The van der Waals surface area contributed by atoms with Crippen molar-refractivity contribution in [2.24, 2.45) is 0 Å². The maximum atomic E-state index is 15.6. The second-order valence-corrected chi connectivity index (χ2v) is 13.4. The minimum atomic E-state index is -0.109. The maximum Gasteiger partial charge on any atom is 0.150 e. The maximum absolute atomic E-state index is 15.6. The van der Waals surface area contributed by atoms with Gasteiger partial charge in [0.2, 0.25) is 0 Å². The van der Waals surface area contributed by atoms with Crippen molar-refractivity contribution in [3.63, 3.8) is 0 Å². The first kappa shape index (κ1) is 32.3. The number of aromatic nitrogens is 1. The summed E-state index contributed by atoms with van der Waals surface area (Å²) in [5.41, 5.74) is 1.91. The van der Waals surface area contributed by atoms with Crippen LogP contribution >= 0.6 is 11.3 Å². The zero-order chi connectivity index (χ0) is 27.2. The summed E-state index contributed by atoms with van der Waals surface area (Å²) in [5.74, 6) is -0.109. The monoisotopic (exact) mass is 531 g/mol. The minimum Gasteiger partial charge on any atom is -0.238 e. The molecule has 0 spiro atoms. The molecule has 0 amide bonds. The summed E-state index contributed by atoms with van der Waals surface area (Å²) in [6, 6.07) is 4.15. The van der Waals surface area contributed by atoms with Gasteiger partial charge in [0, 0.05) is 5.41 Å². The Labute approximate surface area is 233 Å². The number of fused-ring (bicyclic) bond motifs is 1. The van der Waals surface area contributed by atoms with Crippen LogP contribution in [0.25, 0.3) is 10.2 Å². The van der Waals surface area contributed by atoms with Crippen LogP contribution < -0.4 is 0 Å². The number of thiazole rings is 1. The molecule has 0 saturated carbocycles. The second-order valence-electron chi connectivity index (χ2n) is 12.3. The van der Waals surface area contributed by atoms with Gasteiger partial charge in [0.05, 0.1) is 9.71 Å². The van der Waals surface area contributed by atoms with E-state index in [0.717, 1.165) is 24.0 Å². The lowest BCUT2D eigenvalue weighted by molar-refractivity contribution is 0.364. The van der Waals surface area contributed by atoms with E-state index < -0.39 is 0 Å². The summed E-state index contributed by atoms with van der Waals surface area (Å²) < 4.78 is 16.7. The molecule has 0 aliphatic heterocycles. The number of hydrogen-bond donors (Lipinski definition) is 0. The molecule has 2 atom stereocenters. The van der Waals surface area contributed by atoms with Crippen LogP contribution in [-0.4, -0.2) is 4.98 Å². The first-order valence-electron chi connectivity index (χ1n) is 15.9. The number of halogens is 1. The second kappa shape index (κ2) is 16.9. The van der Waals surface area contributed by atoms with Crippen LogP contribution in [0.3, 0.4) is 0 Å². The number of nitrogens with zero attached hydrogens (tertiary/aromatic N) is 1. The van der Waals surface area contributed by atoms with Crippen molar-refractivity contribution in [2.75, 3.05) is 0 Å². The Kier molecular flexibility index (Phi) is 14.7. The Hall–Kier alpha value is -0.960. The van der Waals surface area contributed by atoms with Gasteiger partial charge in [0.15, 0.2) is 5.82 Å². The summed E-state index contributed by atoms with van der Waals surface area (Å²) in [5, 5.41) is 1.17. The van der Waals surface area contributed by atoms with Gasteiger partial charge in [-0.1, -0.05) is 138 Å². The van der Waals surface area contributed by atoms with Crippen LogP contribution in [0.5, 0.6) is 0 Å². The van der Waals surface area contributed by atoms with Crippen LogP contribution in [0.2, 0.25) is 0 Å². The van der Waals surface area contributed by atoms with Gasteiger partial charge in [-0.05, 0) is 48.8 Å². The van der Waals surface area contributed by atoms with Crippen LogP contribution in [0, 0.1) is 5.82 Å². The molecule has 37 heavy (non-hydrogen) atoms. The van der Waals surface area contributed by atoms with E-state index >= 15 is 4.39 Å². The van der Waals surface area contributed by atoms with Gasteiger partial charge >= 0.3 is 0 Å². The minimum absolute atomic E-state index is 0.0467. The van der Waals surface area contributed by atoms with Gasteiger partial charge in [0.1, 0.15) is 5.52 Å². The van der Waals surface area contributed by atoms with E-state index in [9.17, 15) is 0 Å². The predicted molar refractivity (Wildman–Crippen MR) is 165 cm³/mol. The molecule has 0 bridgehead atoms. The Morgan fingerprint density at radius 1 is 0.622 bits per heavy atom. The Morgan fingerprint density at radius 3 is 1.65 bits per heavy atom. The van der Waals surface area contributed by atoms with Gasteiger partial charge < -0.3 is 0 Å². The Balaban J connectivity index is 2.32. The average Bonchev–Trinajstić information content (AvgIpc) is 3.33. The fourth-order valence-electron chi connectivity index (χ4n) is 5.92. The lowest BCUT2D eigenvalue weighted by Gasteiger charge is -2.31. The number of rotatable bonds is 21. The summed E-state index contributed by atoms with van der Waals surface area (Å²) in [7, 11) is 0. The third-order valence-corrected chi connectivity index (χ3v) is 10.0. The van der Waals surface area contributed by atoms with E-state index in [0.29, 0.717) is 5.52 Å². The Morgan fingerprint density at radius 2 is 1.08 bits per heavy atom. The molecule has 2 unspecified atom stereocenters. The topological polar surface area (TPSA) is 12.9 Å². The van der Waals surface area contributed by atoms with Crippen molar-refractivity contribution in [1.29, 1.82) is 0 Å². The van der Waals surface area contributed by atoms with Crippen LogP contribution in [0.4, 0.5) is 4.39 Å². The van der Waals surface area contributed by atoms with Crippen molar-refractivity contribution < 1.29 is 4.39 Å². The lowest BCUT2D eigenvalue weighted by Crippen LogP contribution is -2.22. The SMILES string of the molecule is CCCCCCCC(C)(CCCC)c1cc(F)c2nc(C(C)(CCCCC)CCCCCCC)sc2c1. The molecule has 0 saturated heterocycles. The first-order valence-corrected chi connectivity index (χ1v) is 16.8.